The van der Waals surface area contributed by atoms with Crippen LogP contribution in [0.1, 0.15) is 103 Å². The molecule has 1 aromatic carbocycles. The fourth-order valence-electron chi connectivity index (χ4n) is 4.54. The van der Waals surface area contributed by atoms with Gasteiger partial charge in [-0.3, -0.25) is 0 Å². The molecule has 1 aromatic rings. The predicted octanol–water partition coefficient (Wildman–Crippen LogP) is 7.77. The third-order valence-electron chi connectivity index (χ3n) is 6.44. The van der Waals surface area contributed by atoms with Crippen LogP contribution in [-0.2, 0) is 6.42 Å². The van der Waals surface area contributed by atoms with Gasteiger partial charge in [0.05, 0.1) is 0 Å². The average Bonchev–Trinajstić information content (AvgIpc) is 2.64. The zero-order valence-corrected chi connectivity index (χ0v) is 16.7. The second-order valence-electron chi connectivity index (χ2n) is 8.36. The van der Waals surface area contributed by atoms with Gasteiger partial charge in [-0.05, 0) is 60.5 Å². The number of hydrogen-bond acceptors (Lipinski definition) is 0. The van der Waals surface area contributed by atoms with E-state index in [4.69, 9.17) is 0 Å². The molecular weight excluding hydrogens is 288 g/mol. The van der Waals surface area contributed by atoms with E-state index < -0.39 is 0 Å². The number of hydrogen-bond donors (Lipinski definition) is 0. The lowest BCUT2D eigenvalue weighted by molar-refractivity contribution is 0.278. The third kappa shape index (κ3) is 5.94. The maximum atomic E-state index is 2.43. The molecule has 0 amide bonds. The van der Waals surface area contributed by atoms with Gasteiger partial charge in [0, 0.05) is 0 Å². The molecule has 0 aliphatic heterocycles. The average molecular weight is 329 g/mol. The fraction of sp³-hybridized carbons (Fsp3) is 0.750. The van der Waals surface area contributed by atoms with E-state index in [9.17, 15) is 0 Å². The van der Waals surface area contributed by atoms with E-state index in [0.717, 1.165) is 23.7 Å². The molecule has 3 rings (SSSR count). The molecule has 2 saturated carbocycles. The van der Waals surface area contributed by atoms with Crippen LogP contribution in [0.5, 0.6) is 0 Å². The number of benzene rings is 1. The highest BCUT2D eigenvalue weighted by molar-refractivity contribution is 5.26. The standard InChI is InChI=1S/C22H34.C2H6/c1-17-3-7-19(8-4-17)9-10-20-11-15-22(16-12-20)21-13-5-18(2)6-14-21;1-2/h11-12,15-19,21H,3-10,13-14H2,1-2H3;1-2H3. The molecule has 2 fully saturated rings. The molecule has 0 heteroatoms. The lowest BCUT2D eigenvalue weighted by atomic mass is 9.79. The summed E-state index contributed by atoms with van der Waals surface area (Å²) in [6, 6.07) is 9.69. The van der Waals surface area contributed by atoms with Crippen LogP contribution < -0.4 is 0 Å². The zero-order chi connectivity index (χ0) is 17.4. The van der Waals surface area contributed by atoms with Crippen LogP contribution in [0.4, 0.5) is 0 Å². The van der Waals surface area contributed by atoms with Gasteiger partial charge < -0.3 is 0 Å². The number of aryl methyl sites for hydroxylation is 1. The first-order valence-electron chi connectivity index (χ1n) is 10.8. The second-order valence-corrected chi connectivity index (χ2v) is 8.36. The molecule has 24 heavy (non-hydrogen) atoms. The van der Waals surface area contributed by atoms with Gasteiger partial charge in [-0.1, -0.05) is 90.5 Å². The third-order valence-corrected chi connectivity index (χ3v) is 6.44. The van der Waals surface area contributed by atoms with Gasteiger partial charge in [0.2, 0.25) is 0 Å². The van der Waals surface area contributed by atoms with Crippen molar-refractivity contribution in [2.45, 2.75) is 97.8 Å². The summed E-state index contributed by atoms with van der Waals surface area (Å²) in [5.41, 5.74) is 3.16. The van der Waals surface area contributed by atoms with Gasteiger partial charge >= 0.3 is 0 Å². The fourth-order valence-corrected chi connectivity index (χ4v) is 4.54. The van der Waals surface area contributed by atoms with Crippen molar-refractivity contribution in [1.82, 2.24) is 0 Å². The molecule has 0 unspecified atom stereocenters. The molecule has 0 radical (unpaired) electrons. The van der Waals surface area contributed by atoms with Crippen molar-refractivity contribution in [2.75, 3.05) is 0 Å². The Morgan fingerprint density at radius 3 is 1.75 bits per heavy atom. The summed E-state index contributed by atoms with van der Waals surface area (Å²) in [5, 5.41) is 0. The summed E-state index contributed by atoms with van der Waals surface area (Å²) in [6.07, 6.45) is 14.2. The minimum atomic E-state index is 0.838. The normalized spacial score (nSPS) is 30.3. The summed E-state index contributed by atoms with van der Waals surface area (Å²) >= 11 is 0. The molecule has 0 spiro atoms. The molecule has 2 aliphatic carbocycles. The lowest BCUT2D eigenvalue weighted by Gasteiger charge is -2.27. The Labute approximate surface area is 151 Å². The van der Waals surface area contributed by atoms with Crippen LogP contribution in [0.25, 0.3) is 0 Å². The van der Waals surface area contributed by atoms with Gasteiger partial charge in [0.1, 0.15) is 0 Å². The predicted molar refractivity (Wildman–Crippen MR) is 108 cm³/mol. The summed E-state index contributed by atoms with van der Waals surface area (Å²) in [4.78, 5) is 0. The van der Waals surface area contributed by atoms with E-state index in [1.165, 1.54) is 64.2 Å². The highest BCUT2D eigenvalue weighted by Crippen LogP contribution is 2.36. The minimum Gasteiger partial charge on any atom is -0.0683 e. The summed E-state index contributed by atoms with van der Waals surface area (Å²) in [6.45, 7) is 8.83. The Morgan fingerprint density at radius 2 is 1.21 bits per heavy atom. The van der Waals surface area contributed by atoms with E-state index in [-0.39, 0.29) is 0 Å². The van der Waals surface area contributed by atoms with Crippen molar-refractivity contribution < 1.29 is 0 Å². The Bertz CT molecular complexity index is 428. The summed E-state index contributed by atoms with van der Waals surface area (Å²) < 4.78 is 0. The van der Waals surface area contributed by atoms with Crippen LogP contribution >= 0.6 is 0 Å². The smallest absolute Gasteiger partial charge is 0.0162 e. The molecule has 0 heterocycles. The lowest BCUT2D eigenvalue weighted by Crippen LogP contribution is -2.13. The molecule has 136 valence electrons. The zero-order valence-electron chi connectivity index (χ0n) is 16.7. The topological polar surface area (TPSA) is 0 Å². The van der Waals surface area contributed by atoms with E-state index in [1.807, 2.05) is 13.8 Å². The van der Waals surface area contributed by atoms with Crippen LogP contribution in [0.2, 0.25) is 0 Å². The van der Waals surface area contributed by atoms with Crippen LogP contribution in [0, 0.1) is 17.8 Å². The van der Waals surface area contributed by atoms with Gasteiger partial charge in [-0.15, -0.1) is 0 Å². The molecule has 0 N–H and O–H groups in total. The second kappa shape index (κ2) is 10.3. The van der Waals surface area contributed by atoms with E-state index in [1.54, 1.807) is 11.1 Å². The van der Waals surface area contributed by atoms with Crippen LogP contribution in [0.3, 0.4) is 0 Å². The van der Waals surface area contributed by atoms with E-state index >= 15 is 0 Å². The Morgan fingerprint density at radius 1 is 0.708 bits per heavy atom. The first kappa shape index (κ1) is 19.5. The van der Waals surface area contributed by atoms with E-state index in [0.29, 0.717) is 0 Å². The molecule has 0 bridgehead atoms. The van der Waals surface area contributed by atoms with Gasteiger partial charge in [0.25, 0.3) is 0 Å². The number of rotatable bonds is 4. The Balaban J connectivity index is 0.00000100. The monoisotopic (exact) mass is 328 g/mol. The maximum Gasteiger partial charge on any atom is -0.0162 e. The molecule has 2 aliphatic rings. The largest absolute Gasteiger partial charge is 0.0683 e. The molecular formula is C24H40. The molecule has 0 nitrogen and oxygen atoms in total. The van der Waals surface area contributed by atoms with Gasteiger partial charge in [-0.2, -0.15) is 0 Å². The quantitative estimate of drug-likeness (QED) is 0.529. The highest BCUT2D eigenvalue weighted by atomic mass is 14.3. The van der Waals surface area contributed by atoms with Crippen molar-refractivity contribution in [3.63, 3.8) is 0 Å². The van der Waals surface area contributed by atoms with Gasteiger partial charge in [0.15, 0.2) is 0 Å². The molecule has 0 atom stereocenters. The highest BCUT2D eigenvalue weighted by Gasteiger charge is 2.20. The molecule has 0 saturated heterocycles. The summed E-state index contributed by atoms with van der Waals surface area (Å²) in [5.74, 6) is 3.77. The summed E-state index contributed by atoms with van der Waals surface area (Å²) in [7, 11) is 0. The Hall–Kier alpha value is -0.780. The van der Waals surface area contributed by atoms with Gasteiger partial charge in [-0.25, -0.2) is 0 Å². The van der Waals surface area contributed by atoms with Crippen molar-refractivity contribution in [1.29, 1.82) is 0 Å². The van der Waals surface area contributed by atoms with Crippen molar-refractivity contribution in [3.8, 4) is 0 Å². The van der Waals surface area contributed by atoms with Crippen molar-refractivity contribution >= 4 is 0 Å². The van der Waals surface area contributed by atoms with Crippen molar-refractivity contribution in [2.24, 2.45) is 17.8 Å². The van der Waals surface area contributed by atoms with Crippen LogP contribution in [-0.4, -0.2) is 0 Å². The molecule has 0 aromatic heterocycles. The maximum absolute atomic E-state index is 2.43. The SMILES string of the molecule is CC.CC1CCC(CCc2ccc(C3CCC(C)CC3)cc2)CC1. The minimum absolute atomic E-state index is 0.838. The first-order valence-corrected chi connectivity index (χ1v) is 10.8. The van der Waals surface area contributed by atoms with Crippen molar-refractivity contribution in [3.05, 3.63) is 35.4 Å². The Kier molecular flexibility index (Phi) is 8.36. The first-order chi connectivity index (χ1) is 11.7. The van der Waals surface area contributed by atoms with Crippen LogP contribution in [0.15, 0.2) is 24.3 Å². The van der Waals surface area contributed by atoms with E-state index in [2.05, 4.69) is 38.1 Å².